The van der Waals surface area contributed by atoms with Crippen LogP contribution in [0.1, 0.15) is 0 Å². The maximum Gasteiger partial charge on any atom is 0.345 e. The Labute approximate surface area is 169 Å². The molecule has 142 valence electrons. The molecule has 0 aliphatic rings. The van der Waals surface area contributed by atoms with Gasteiger partial charge in [0.05, 0.1) is 31.2 Å². The van der Waals surface area contributed by atoms with Gasteiger partial charge in [0, 0.05) is 15.8 Å². The van der Waals surface area contributed by atoms with Gasteiger partial charge in [-0.15, -0.1) is 11.3 Å². The lowest BCUT2D eigenvalue weighted by atomic mass is 10.1. The lowest BCUT2D eigenvalue weighted by Gasteiger charge is -2.09. The van der Waals surface area contributed by atoms with Crippen molar-refractivity contribution in [2.75, 3.05) is 19.5 Å². The SMILES string of the molecule is COc1ccc(Cl)cc1Nc1nc(-c2cc3cccc(OC)c3oc2=O)cs1. The predicted octanol–water partition coefficient (Wildman–Crippen LogP) is 5.33. The molecule has 0 aliphatic carbocycles. The molecule has 2 aromatic carbocycles. The van der Waals surface area contributed by atoms with Crippen molar-refractivity contribution in [2.45, 2.75) is 0 Å². The third-order valence-corrected chi connectivity index (χ3v) is 5.12. The minimum atomic E-state index is -0.478. The highest BCUT2D eigenvalue weighted by molar-refractivity contribution is 7.14. The van der Waals surface area contributed by atoms with Gasteiger partial charge in [-0.2, -0.15) is 0 Å². The van der Waals surface area contributed by atoms with E-state index >= 15 is 0 Å². The molecule has 4 aromatic rings. The fraction of sp³-hybridized carbons (Fsp3) is 0.100. The van der Waals surface area contributed by atoms with Crippen LogP contribution in [0.5, 0.6) is 11.5 Å². The number of ether oxygens (including phenoxy) is 2. The van der Waals surface area contributed by atoms with Crippen LogP contribution >= 0.6 is 22.9 Å². The number of fused-ring (bicyclic) bond motifs is 1. The highest BCUT2D eigenvalue weighted by atomic mass is 35.5. The highest BCUT2D eigenvalue weighted by Crippen LogP contribution is 2.33. The number of methoxy groups -OCH3 is 2. The normalized spacial score (nSPS) is 10.8. The number of rotatable bonds is 5. The van der Waals surface area contributed by atoms with Crippen molar-refractivity contribution in [1.82, 2.24) is 4.98 Å². The van der Waals surface area contributed by atoms with Crippen LogP contribution in [0.2, 0.25) is 5.02 Å². The average Bonchev–Trinajstić information content (AvgIpc) is 3.15. The Hall–Kier alpha value is -3.03. The second kappa shape index (κ2) is 7.53. The minimum absolute atomic E-state index is 0.378. The van der Waals surface area contributed by atoms with Crippen LogP contribution < -0.4 is 20.4 Å². The molecule has 4 rings (SSSR count). The number of nitrogens with zero attached hydrogens (tertiary/aromatic N) is 1. The zero-order chi connectivity index (χ0) is 19.7. The van der Waals surface area contributed by atoms with Crippen molar-refractivity contribution >= 4 is 44.7 Å². The number of nitrogens with one attached hydrogen (secondary N) is 1. The molecular formula is C20H15ClN2O4S. The molecule has 2 aromatic heterocycles. The summed E-state index contributed by atoms with van der Waals surface area (Å²) in [6, 6.07) is 12.4. The van der Waals surface area contributed by atoms with Crippen LogP contribution in [0, 0.1) is 0 Å². The molecule has 0 saturated heterocycles. The van der Waals surface area contributed by atoms with E-state index in [1.54, 1.807) is 42.8 Å². The second-order valence-corrected chi connectivity index (χ2v) is 7.13. The molecule has 6 nitrogen and oxygen atoms in total. The first-order valence-corrected chi connectivity index (χ1v) is 9.52. The molecule has 1 N–H and O–H groups in total. The first kappa shape index (κ1) is 18.3. The summed E-state index contributed by atoms with van der Waals surface area (Å²) in [5.41, 5.74) is 1.52. The topological polar surface area (TPSA) is 73.6 Å². The van der Waals surface area contributed by atoms with E-state index in [0.29, 0.717) is 44.2 Å². The molecule has 0 atom stereocenters. The third kappa shape index (κ3) is 3.42. The smallest absolute Gasteiger partial charge is 0.345 e. The minimum Gasteiger partial charge on any atom is -0.495 e. The fourth-order valence-electron chi connectivity index (χ4n) is 2.80. The van der Waals surface area contributed by atoms with E-state index in [9.17, 15) is 4.79 Å². The van der Waals surface area contributed by atoms with Crippen molar-refractivity contribution in [2.24, 2.45) is 0 Å². The molecule has 0 saturated carbocycles. The largest absolute Gasteiger partial charge is 0.495 e. The van der Waals surface area contributed by atoms with E-state index < -0.39 is 5.63 Å². The first-order chi connectivity index (χ1) is 13.6. The van der Waals surface area contributed by atoms with Gasteiger partial charge in [-0.05, 0) is 30.3 Å². The van der Waals surface area contributed by atoms with Gasteiger partial charge in [0.15, 0.2) is 16.5 Å². The zero-order valence-electron chi connectivity index (χ0n) is 15.0. The summed E-state index contributed by atoms with van der Waals surface area (Å²) < 4.78 is 16.1. The zero-order valence-corrected chi connectivity index (χ0v) is 16.6. The summed E-state index contributed by atoms with van der Waals surface area (Å²) in [6.45, 7) is 0. The van der Waals surface area contributed by atoms with Crippen molar-refractivity contribution in [3.63, 3.8) is 0 Å². The van der Waals surface area contributed by atoms with E-state index in [0.717, 1.165) is 5.39 Å². The summed E-state index contributed by atoms with van der Waals surface area (Å²) in [5.74, 6) is 1.15. The molecular weight excluding hydrogens is 400 g/mol. The Morgan fingerprint density at radius 1 is 1.11 bits per heavy atom. The van der Waals surface area contributed by atoms with Gasteiger partial charge in [-0.25, -0.2) is 9.78 Å². The van der Waals surface area contributed by atoms with Gasteiger partial charge < -0.3 is 19.2 Å². The summed E-state index contributed by atoms with van der Waals surface area (Å²) >= 11 is 7.43. The van der Waals surface area contributed by atoms with Crippen LogP contribution in [0.3, 0.4) is 0 Å². The number of hydrogen-bond acceptors (Lipinski definition) is 7. The van der Waals surface area contributed by atoms with Crippen LogP contribution in [0.25, 0.3) is 22.2 Å². The standard InChI is InChI=1S/C20H15ClN2O4S/c1-25-16-7-6-12(21)9-14(16)22-20-23-15(10-28-20)13-8-11-4-3-5-17(26-2)18(11)27-19(13)24/h3-10H,1-2H3,(H,22,23). The molecule has 0 amide bonds. The number of thiazole rings is 1. The van der Waals surface area contributed by atoms with Gasteiger partial charge in [0.1, 0.15) is 5.75 Å². The van der Waals surface area contributed by atoms with Crippen molar-refractivity contribution in [3.8, 4) is 22.8 Å². The van der Waals surface area contributed by atoms with Crippen LogP contribution in [-0.2, 0) is 0 Å². The number of benzene rings is 2. The third-order valence-electron chi connectivity index (χ3n) is 4.13. The predicted molar refractivity (Wildman–Crippen MR) is 111 cm³/mol. The Kier molecular flexibility index (Phi) is 4.93. The lowest BCUT2D eigenvalue weighted by molar-refractivity contribution is 0.407. The molecule has 0 spiro atoms. The molecule has 2 heterocycles. The molecule has 0 fully saturated rings. The monoisotopic (exact) mass is 414 g/mol. The van der Waals surface area contributed by atoms with Crippen LogP contribution in [-0.4, -0.2) is 19.2 Å². The summed E-state index contributed by atoms with van der Waals surface area (Å²) in [7, 11) is 3.11. The lowest BCUT2D eigenvalue weighted by Crippen LogP contribution is -2.03. The van der Waals surface area contributed by atoms with Crippen LogP contribution in [0.15, 0.2) is 57.1 Å². The van der Waals surface area contributed by atoms with E-state index in [1.807, 2.05) is 12.1 Å². The fourth-order valence-corrected chi connectivity index (χ4v) is 3.70. The van der Waals surface area contributed by atoms with Gasteiger partial charge in [0.25, 0.3) is 0 Å². The summed E-state index contributed by atoms with van der Waals surface area (Å²) in [4.78, 5) is 17.0. The number of para-hydroxylation sites is 1. The molecule has 0 aliphatic heterocycles. The molecule has 0 radical (unpaired) electrons. The molecule has 0 unspecified atom stereocenters. The van der Waals surface area contributed by atoms with E-state index in [4.69, 9.17) is 25.5 Å². The van der Waals surface area contributed by atoms with Crippen LogP contribution in [0.4, 0.5) is 10.8 Å². The van der Waals surface area contributed by atoms with E-state index in [1.165, 1.54) is 18.4 Å². The Morgan fingerprint density at radius 2 is 1.93 bits per heavy atom. The first-order valence-electron chi connectivity index (χ1n) is 8.26. The molecule has 0 bridgehead atoms. The maximum atomic E-state index is 12.5. The number of aromatic nitrogens is 1. The number of hydrogen-bond donors (Lipinski definition) is 1. The van der Waals surface area contributed by atoms with Crippen molar-refractivity contribution in [3.05, 3.63) is 63.3 Å². The van der Waals surface area contributed by atoms with Gasteiger partial charge in [-0.1, -0.05) is 23.7 Å². The molecule has 28 heavy (non-hydrogen) atoms. The number of halogens is 1. The Balaban J connectivity index is 1.71. The van der Waals surface area contributed by atoms with Crippen molar-refractivity contribution in [1.29, 1.82) is 0 Å². The second-order valence-electron chi connectivity index (χ2n) is 5.83. The molecule has 8 heteroatoms. The Bertz CT molecular complexity index is 1220. The average molecular weight is 415 g/mol. The quantitative estimate of drug-likeness (QED) is 0.445. The summed E-state index contributed by atoms with van der Waals surface area (Å²) in [6.07, 6.45) is 0. The van der Waals surface area contributed by atoms with Gasteiger partial charge in [-0.3, -0.25) is 0 Å². The number of anilines is 2. The van der Waals surface area contributed by atoms with E-state index in [2.05, 4.69) is 10.3 Å². The maximum absolute atomic E-state index is 12.5. The van der Waals surface area contributed by atoms with Gasteiger partial charge in [0.2, 0.25) is 0 Å². The summed E-state index contributed by atoms with van der Waals surface area (Å²) in [5, 5.41) is 6.89. The Morgan fingerprint density at radius 3 is 2.71 bits per heavy atom. The van der Waals surface area contributed by atoms with Crippen molar-refractivity contribution < 1.29 is 13.9 Å². The van der Waals surface area contributed by atoms with E-state index in [-0.39, 0.29) is 0 Å². The van der Waals surface area contributed by atoms with Gasteiger partial charge >= 0.3 is 5.63 Å². The highest BCUT2D eigenvalue weighted by Gasteiger charge is 2.14.